The quantitative estimate of drug-likeness (QED) is 0.370. The third-order valence-electron chi connectivity index (χ3n) is 5.57. The SMILES string of the molecule is COc1cc2c(Oc3ccc([N+](=O)[O-])cc3)cnnc2cc1OCC1CCN(S(N)(=O)=O)CC1. The van der Waals surface area contributed by atoms with Gasteiger partial charge in [0.2, 0.25) is 0 Å². The lowest BCUT2D eigenvalue weighted by atomic mass is 9.99. The van der Waals surface area contributed by atoms with E-state index in [9.17, 15) is 18.5 Å². The lowest BCUT2D eigenvalue weighted by molar-refractivity contribution is -0.384. The smallest absolute Gasteiger partial charge is 0.276 e. The molecule has 4 rings (SSSR count). The van der Waals surface area contributed by atoms with Gasteiger partial charge < -0.3 is 14.2 Å². The Bertz CT molecular complexity index is 1290. The number of nitro benzene ring substituents is 1. The first kappa shape index (κ1) is 23.6. The van der Waals surface area contributed by atoms with Gasteiger partial charge in [0.05, 0.1) is 30.2 Å². The maximum Gasteiger partial charge on any atom is 0.276 e. The molecule has 0 amide bonds. The number of ether oxygens (including phenoxy) is 3. The highest BCUT2D eigenvalue weighted by Gasteiger charge is 2.26. The molecule has 1 aliphatic rings. The molecule has 0 aliphatic carbocycles. The number of nitrogens with zero attached hydrogens (tertiary/aromatic N) is 4. The van der Waals surface area contributed by atoms with Crippen molar-refractivity contribution in [2.45, 2.75) is 12.8 Å². The average Bonchev–Trinajstić information content (AvgIpc) is 2.82. The van der Waals surface area contributed by atoms with Gasteiger partial charge in [0, 0.05) is 31.3 Å². The normalized spacial score (nSPS) is 15.2. The molecule has 34 heavy (non-hydrogen) atoms. The van der Waals surface area contributed by atoms with Crippen molar-refractivity contribution in [2.75, 3.05) is 26.8 Å². The number of non-ortho nitro benzene ring substituents is 1. The summed E-state index contributed by atoms with van der Waals surface area (Å²) in [6.07, 6.45) is 2.72. The van der Waals surface area contributed by atoms with Crippen molar-refractivity contribution in [3.8, 4) is 23.0 Å². The van der Waals surface area contributed by atoms with Crippen LogP contribution in [0.3, 0.4) is 0 Å². The maximum absolute atomic E-state index is 11.5. The van der Waals surface area contributed by atoms with E-state index in [4.69, 9.17) is 19.3 Å². The van der Waals surface area contributed by atoms with Crippen LogP contribution >= 0.6 is 0 Å². The zero-order valence-electron chi connectivity index (χ0n) is 18.3. The van der Waals surface area contributed by atoms with Crippen LogP contribution in [0, 0.1) is 16.0 Å². The summed E-state index contributed by atoms with van der Waals surface area (Å²) in [5, 5.41) is 24.8. The number of benzene rings is 2. The standard InChI is InChI=1S/C21H23N5O7S/c1-31-19-10-17-18(11-20(19)32-13-14-6-8-25(9-7-14)34(22,29)30)24-23-12-21(17)33-16-4-2-15(3-5-16)26(27)28/h2-5,10-12,14H,6-9,13H2,1H3,(H2,22,29,30). The minimum atomic E-state index is -3.67. The molecule has 0 saturated carbocycles. The molecule has 3 aromatic rings. The summed E-state index contributed by atoms with van der Waals surface area (Å²) in [5.41, 5.74) is 0.475. The van der Waals surface area contributed by atoms with Crippen molar-refractivity contribution < 1.29 is 27.6 Å². The molecular weight excluding hydrogens is 466 g/mol. The van der Waals surface area contributed by atoms with Crippen LogP contribution in [0.2, 0.25) is 0 Å². The molecule has 1 aromatic heterocycles. The second kappa shape index (κ2) is 9.75. The number of hydrogen-bond donors (Lipinski definition) is 1. The third kappa shape index (κ3) is 5.32. The van der Waals surface area contributed by atoms with Crippen molar-refractivity contribution in [3.05, 3.63) is 52.7 Å². The molecule has 12 nitrogen and oxygen atoms in total. The summed E-state index contributed by atoms with van der Waals surface area (Å²) in [6.45, 7) is 1.10. The number of rotatable bonds is 8. The van der Waals surface area contributed by atoms with Crippen LogP contribution in [-0.4, -0.2) is 54.6 Å². The van der Waals surface area contributed by atoms with Gasteiger partial charge in [0.15, 0.2) is 17.2 Å². The number of nitrogens with two attached hydrogens (primary N) is 1. The first-order chi connectivity index (χ1) is 16.2. The number of nitro groups is 1. The second-order valence-corrected chi connectivity index (χ2v) is 9.33. The van der Waals surface area contributed by atoms with Gasteiger partial charge in [-0.3, -0.25) is 10.1 Å². The van der Waals surface area contributed by atoms with Gasteiger partial charge in [-0.05, 0) is 37.0 Å². The molecular formula is C21H23N5O7S. The van der Waals surface area contributed by atoms with Gasteiger partial charge in [-0.2, -0.15) is 22.9 Å². The zero-order chi connectivity index (χ0) is 24.3. The van der Waals surface area contributed by atoms with E-state index in [1.54, 1.807) is 12.1 Å². The molecule has 2 heterocycles. The fourth-order valence-corrected chi connectivity index (χ4v) is 4.42. The Balaban J connectivity index is 1.50. The fraction of sp³-hybridized carbons (Fsp3) is 0.333. The molecule has 0 bridgehead atoms. The molecule has 0 unspecified atom stereocenters. The molecule has 180 valence electrons. The Morgan fingerprint density at radius 3 is 2.47 bits per heavy atom. The molecule has 0 spiro atoms. The van der Waals surface area contributed by atoms with Crippen molar-refractivity contribution in [1.29, 1.82) is 0 Å². The predicted molar refractivity (Wildman–Crippen MR) is 122 cm³/mol. The van der Waals surface area contributed by atoms with Crippen LogP contribution in [0.4, 0.5) is 5.69 Å². The van der Waals surface area contributed by atoms with Crippen molar-refractivity contribution in [2.24, 2.45) is 11.1 Å². The molecule has 1 saturated heterocycles. The number of fused-ring (bicyclic) bond motifs is 1. The Kier molecular flexibility index (Phi) is 6.77. The van der Waals surface area contributed by atoms with Crippen LogP contribution in [0.5, 0.6) is 23.0 Å². The van der Waals surface area contributed by atoms with Gasteiger partial charge >= 0.3 is 0 Å². The van der Waals surface area contributed by atoms with E-state index in [2.05, 4.69) is 10.2 Å². The number of methoxy groups -OCH3 is 1. The highest BCUT2D eigenvalue weighted by Crippen LogP contribution is 2.37. The van der Waals surface area contributed by atoms with Crippen LogP contribution in [-0.2, 0) is 10.2 Å². The van der Waals surface area contributed by atoms with Crippen LogP contribution in [0.15, 0.2) is 42.6 Å². The molecule has 1 aliphatic heterocycles. The van der Waals surface area contributed by atoms with Crippen LogP contribution < -0.4 is 19.3 Å². The number of aromatic nitrogens is 2. The lowest BCUT2D eigenvalue weighted by Gasteiger charge is -2.29. The molecule has 2 aromatic carbocycles. The Hall–Kier alpha value is -3.55. The lowest BCUT2D eigenvalue weighted by Crippen LogP contribution is -2.43. The van der Waals surface area contributed by atoms with Crippen molar-refractivity contribution in [3.63, 3.8) is 0 Å². The average molecular weight is 490 g/mol. The van der Waals surface area contributed by atoms with Gasteiger partial charge in [-0.25, -0.2) is 5.14 Å². The molecule has 0 atom stereocenters. The maximum atomic E-state index is 11.5. The molecule has 13 heteroatoms. The minimum absolute atomic E-state index is 0.0381. The topological polar surface area (TPSA) is 160 Å². The summed E-state index contributed by atoms with van der Waals surface area (Å²) in [7, 11) is -2.15. The van der Waals surface area contributed by atoms with Gasteiger partial charge in [0.1, 0.15) is 11.3 Å². The first-order valence-corrected chi connectivity index (χ1v) is 11.9. The van der Waals surface area contributed by atoms with E-state index in [0.29, 0.717) is 66.4 Å². The minimum Gasteiger partial charge on any atom is -0.493 e. The highest BCUT2D eigenvalue weighted by atomic mass is 32.2. The molecule has 1 fully saturated rings. The van der Waals surface area contributed by atoms with Crippen molar-refractivity contribution >= 4 is 26.8 Å². The number of piperidine rings is 1. The third-order valence-corrected chi connectivity index (χ3v) is 6.66. The van der Waals surface area contributed by atoms with E-state index in [-0.39, 0.29) is 11.6 Å². The largest absolute Gasteiger partial charge is 0.493 e. The summed E-state index contributed by atoms with van der Waals surface area (Å²) < 4.78 is 41.6. The van der Waals surface area contributed by atoms with Crippen LogP contribution in [0.1, 0.15) is 12.8 Å². The Morgan fingerprint density at radius 1 is 1.15 bits per heavy atom. The summed E-state index contributed by atoms with van der Waals surface area (Å²) in [5.74, 6) is 1.92. The van der Waals surface area contributed by atoms with Crippen molar-refractivity contribution in [1.82, 2.24) is 14.5 Å². The monoisotopic (exact) mass is 489 g/mol. The summed E-state index contributed by atoms with van der Waals surface area (Å²) >= 11 is 0. The predicted octanol–water partition coefficient (Wildman–Crippen LogP) is 2.63. The van der Waals surface area contributed by atoms with E-state index in [1.807, 2.05) is 0 Å². The summed E-state index contributed by atoms with van der Waals surface area (Å²) in [6, 6.07) is 9.13. The molecule has 0 radical (unpaired) electrons. The first-order valence-electron chi connectivity index (χ1n) is 10.4. The number of hydrogen-bond acceptors (Lipinski definition) is 9. The van der Waals surface area contributed by atoms with Crippen LogP contribution in [0.25, 0.3) is 10.9 Å². The van der Waals surface area contributed by atoms with E-state index in [1.165, 1.54) is 41.9 Å². The Morgan fingerprint density at radius 2 is 1.85 bits per heavy atom. The highest BCUT2D eigenvalue weighted by molar-refractivity contribution is 7.86. The van der Waals surface area contributed by atoms with Gasteiger partial charge in [-0.1, -0.05) is 0 Å². The van der Waals surface area contributed by atoms with Gasteiger partial charge in [-0.15, -0.1) is 0 Å². The fourth-order valence-electron chi connectivity index (χ4n) is 3.70. The molecule has 2 N–H and O–H groups in total. The van der Waals surface area contributed by atoms with E-state index in [0.717, 1.165) is 0 Å². The second-order valence-electron chi connectivity index (χ2n) is 7.78. The Labute approximate surface area is 195 Å². The van der Waals surface area contributed by atoms with E-state index < -0.39 is 15.1 Å². The van der Waals surface area contributed by atoms with Gasteiger partial charge in [0.25, 0.3) is 15.9 Å². The zero-order valence-corrected chi connectivity index (χ0v) is 19.1. The van der Waals surface area contributed by atoms with E-state index >= 15 is 0 Å². The summed E-state index contributed by atoms with van der Waals surface area (Å²) in [4.78, 5) is 10.4.